The summed E-state index contributed by atoms with van der Waals surface area (Å²) >= 11 is 0. The van der Waals surface area contributed by atoms with Crippen LogP contribution in [0.25, 0.3) is 0 Å². The topological polar surface area (TPSA) is 29.5 Å². The summed E-state index contributed by atoms with van der Waals surface area (Å²) in [5, 5.41) is 10.1. The fraction of sp³-hybridized carbons (Fsp3) is 1.00. The van der Waals surface area contributed by atoms with Gasteiger partial charge < -0.3 is 9.84 Å². The minimum absolute atomic E-state index is 0.0853. The second-order valence-electron chi connectivity index (χ2n) is 5.59. The molecule has 1 saturated heterocycles. The van der Waals surface area contributed by atoms with E-state index in [4.69, 9.17) is 4.74 Å². The van der Waals surface area contributed by atoms with Crippen LogP contribution < -0.4 is 0 Å². The second kappa shape index (κ2) is 2.48. The zero-order chi connectivity index (χ0) is 9.85. The van der Waals surface area contributed by atoms with Crippen molar-refractivity contribution in [3.05, 3.63) is 0 Å². The molecule has 2 nitrogen and oxygen atoms in total. The van der Waals surface area contributed by atoms with E-state index in [0.29, 0.717) is 11.8 Å². The summed E-state index contributed by atoms with van der Waals surface area (Å²) in [5.41, 5.74) is 0.334. The summed E-state index contributed by atoms with van der Waals surface area (Å²) in [6.07, 6.45) is -0.142. The molecular weight excluding hydrogens is 164 g/mol. The number of ether oxygens (including phenoxy) is 1. The van der Waals surface area contributed by atoms with Gasteiger partial charge in [0.25, 0.3) is 0 Å². The van der Waals surface area contributed by atoms with Gasteiger partial charge in [0.2, 0.25) is 0 Å². The molecule has 76 valence electrons. The van der Waals surface area contributed by atoms with Crippen LogP contribution >= 0.6 is 0 Å². The Hall–Kier alpha value is -0.0800. The molecule has 2 atom stereocenters. The summed E-state index contributed by atoms with van der Waals surface area (Å²) < 4.78 is 5.25. The lowest BCUT2D eigenvalue weighted by molar-refractivity contribution is -0.337. The third-order valence-corrected chi connectivity index (χ3v) is 4.46. The summed E-state index contributed by atoms with van der Waals surface area (Å²) in [7, 11) is 0. The van der Waals surface area contributed by atoms with E-state index in [0.717, 1.165) is 13.2 Å². The van der Waals surface area contributed by atoms with E-state index in [2.05, 4.69) is 27.7 Å². The number of rotatable bonds is 1. The summed E-state index contributed by atoms with van der Waals surface area (Å²) in [6.45, 7) is 10.4. The van der Waals surface area contributed by atoms with Gasteiger partial charge >= 0.3 is 0 Å². The molecule has 1 heterocycles. The first-order chi connectivity index (χ1) is 5.93. The maximum absolute atomic E-state index is 10.1. The molecule has 0 amide bonds. The lowest BCUT2D eigenvalue weighted by Crippen LogP contribution is -2.75. The van der Waals surface area contributed by atoms with Crippen LogP contribution in [0.15, 0.2) is 0 Å². The lowest BCUT2D eigenvalue weighted by Gasteiger charge is -2.70. The Bertz CT molecular complexity index is 216. The standard InChI is InChI=1S/C11H20O2/c1-7(2)8-9(12)11(5-13-6-11)10(8,3)4/h7-9,12H,5-6H2,1-4H3. The van der Waals surface area contributed by atoms with Crippen LogP contribution in [-0.4, -0.2) is 24.4 Å². The van der Waals surface area contributed by atoms with Gasteiger partial charge in [0.1, 0.15) is 0 Å². The monoisotopic (exact) mass is 184 g/mol. The molecular formula is C11H20O2. The minimum Gasteiger partial charge on any atom is -0.392 e. The molecule has 0 aromatic heterocycles. The van der Waals surface area contributed by atoms with Gasteiger partial charge in [-0.25, -0.2) is 0 Å². The molecule has 2 fully saturated rings. The van der Waals surface area contributed by atoms with E-state index < -0.39 is 0 Å². The van der Waals surface area contributed by atoms with Crippen LogP contribution in [0.5, 0.6) is 0 Å². The summed E-state index contributed by atoms with van der Waals surface area (Å²) in [5.74, 6) is 1.01. The third kappa shape index (κ3) is 0.861. The zero-order valence-electron chi connectivity index (χ0n) is 9.00. The van der Waals surface area contributed by atoms with Crippen LogP contribution in [0, 0.1) is 22.7 Å². The Kier molecular flexibility index (Phi) is 1.81. The highest BCUT2D eigenvalue weighted by Crippen LogP contribution is 2.65. The van der Waals surface area contributed by atoms with Crippen molar-refractivity contribution in [3.8, 4) is 0 Å². The maximum Gasteiger partial charge on any atom is 0.0681 e. The molecule has 1 aliphatic heterocycles. The fourth-order valence-electron chi connectivity index (χ4n) is 3.42. The Morgan fingerprint density at radius 2 is 1.85 bits per heavy atom. The number of aliphatic hydroxyl groups excluding tert-OH is 1. The smallest absolute Gasteiger partial charge is 0.0681 e. The number of aliphatic hydroxyl groups is 1. The predicted octanol–water partition coefficient (Wildman–Crippen LogP) is 1.68. The van der Waals surface area contributed by atoms with Crippen molar-refractivity contribution >= 4 is 0 Å². The van der Waals surface area contributed by atoms with Crippen molar-refractivity contribution in [1.29, 1.82) is 0 Å². The predicted molar refractivity (Wildman–Crippen MR) is 51.4 cm³/mol. The van der Waals surface area contributed by atoms with E-state index in [1.165, 1.54) is 0 Å². The number of hydrogen-bond donors (Lipinski definition) is 1. The van der Waals surface area contributed by atoms with Gasteiger partial charge in [-0.15, -0.1) is 0 Å². The average Bonchev–Trinajstić information content (AvgIpc) is 1.79. The molecule has 0 bridgehead atoms. The molecule has 1 saturated carbocycles. The SMILES string of the molecule is CC(C)C1C(O)C2(COC2)C1(C)C. The van der Waals surface area contributed by atoms with Crippen molar-refractivity contribution in [3.63, 3.8) is 0 Å². The molecule has 0 radical (unpaired) electrons. The van der Waals surface area contributed by atoms with Crippen LogP contribution in [-0.2, 0) is 4.74 Å². The molecule has 2 heteroatoms. The van der Waals surface area contributed by atoms with E-state index in [9.17, 15) is 5.11 Å². The zero-order valence-corrected chi connectivity index (χ0v) is 9.00. The van der Waals surface area contributed by atoms with E-state index in [1.54, 1.807) is 0 Å². The molecule has 1 aliphatic carbocycles. The molecule has 2 rings (SSSR count). The van der Waals surface area contributed by atoms with Gasteiger partial charge in [-0.05, 0) is 17.3 Å². The van der Waals surface area contributed by atoms with Crippen molar-refractivity contribution in [2.24, 2.45) is 22.7 Å². The lowest BCUT2D eigenvalue weighted by atomic mass is 9.40. The first-order valence-electron chi connectivity index (χ1n) is 5.19. The Morgan fingerprint density at radius 3 is 2.08 bits per heavy atom. The first-order valence-corrected chi connectivity index (χ1v) is 5.19. The van der Waals surface area contributed by atoms with Gasteiger partial charge in [-0.3, -0.25) is 0 Å². The van der Waals surface area contributed by atoms with Crippen molar-refractivity contribution in [1.82, 2.24) is 0 Å². The third-order valence-electron chi connectivity index (χ3n) is 4.46. The molecule has 1 N–H and O–H groups in total. The minimum atomic E-state index is -0.142. The molecule has 1 spiro atoms. The molecule has 13 heavy (non-hydrogen) atoms. The quantitative estimate of drug-likeness (QED) is 0.672. The largest absolute Gasteiger partial charge is 0.392 e. The molecule has 0 aromatic carbocycles. The van der Waals surface area contributed by atoms with Crippen LogP contribution in [0.4, 0.5) is 0 Å². The Balaban J connectivity index is 2.20. The average molecular weight is 184 g/mol. The molecule has 2 aliphatic rings. The van der Waals surface area contributed by atoms with Gasteiger partial charge in [0.05, 0.1) is 19.3 Å². The molecule has 0 aromatic rings. The van der Waals surface area contributed by atoms with Gasteiger partial charge in [0.15, 0.2) is 0 Å². The first kappa shape index (κ1) is 9.47. The van der Waals surface area contributed by atoms with Crippen LogP contribution in [0.3, 0.4) is 0 Å². The van der Waals surface area contributed by atoms with Gasteiger partial charge in [0, 0.05) is 5.41 Å². The highest BCUT2D eigenvalue weighted by Gasteiger charge is 2.70. The van der Waals surface area contributed by atoms with Crippen molar-refractivity contribution < 1.29 is 9.84 Å². The van der Waals surface area contributed by atoms with Gasteiger partial charge in [-0.1, -0.05) is 27.7 Å². The number of hydrogen-bond acceptors (Lipinski definition) is 2. The van der Waals surface area contributed by atoms with Crippen molar-refractivity contribution in [2.45, 2.75) is 33.8 Å². The molecule has 2 unspecified atom stereocenters. The summed E-state index contributed by atoms with van der Waals surface area (Å²) in [6, 6.07) is 0. The maximum atomic E-state index is 10.1. The van der Waals surface area contributed by atoms with E-state index in [1.807, 2.05) is 0 Å². The Morgan fingerprint density at radius 1 is 1.31 bits per heavy atom. The second-order valence-corrected chi connectivity index (χ2v) is 5.59. The summed E-state index contributed by atoms with van der Waals surface area (Å²) in [4.78, 5) is 0. The van der Waals surface area contributed by atoms with Crippen molar-refractivity contribution in [2.75, 3.05) is 13.2 Å². The van der Waals surface area contributed by atoms with Gasteiger partial charge in [-0.2, -0.15) is 0 Å². The Labute approximate surface area is 80.3 Å². The van der Waals surface area contributed by atoms with Crippen LogP contribution in [0.2, 0.25) is 0 Å². The van der Waals surface area contributed by atoms with E-state index in [-0.39, 0.29) is 16.9 Å². The fourth-order valence-corrected chi connectivity index (χ4v) is 3.42. The van der Waals surface area contributed by atoms with E-state index >= 15 is 0 Å². The highest BCUT2D eigenvalue weighted by molar-refractivity contribution is 5.17. The normalized spacial score (nSPS) is 40.2. The van der Waals surface area contributed by atoms with Crippen LogP contribution in [0.1, 0.15) is 27.7 Å². The highest BCUT2D eigenvalue weighted by atomic mass is 16.5.